The molecule has 1 amide bonds. The van der Waals surface area contributed by atoms with Crippen LogP contribution in [-0.2, 0) is 6.61 Å². The molecule has 0 spiro atoms. The Morgan fingerprint density at radius 3 is 2.45 bits per heavy atom. The van der Waals surface area contributed by atoms with Crippen molar-refractivity contribution >= 4 is 22.6 Å². The summed E-state index contributed by atoms with van der Waals surface area (Å²) in [7, 11) is 0. The minimum Gasteiger partial charge on any atom is -0.489 e. The highest BCUT2D eigenvalue weighted by atomic mass is 19.1. The van der Waals surface area contributed by atoms with Gasteiger partial charge in [0.15, 0.2) is 0 Å². The molecular weight excluding hydrogens is 419 g/mol. The maximum atomic E-state index is 13.2. The van der Waals surface area contributed by atoms with Crippen molar-refractivity contribution in [2.24, 2.45) is 0 Å². The lowest BCUT2D eigenvalue weighted by Crippen LogP contribution is -2.12. The van der Waals surface area contributed by atoms with E-state index >= 15 is 0 Å². The van der Waals surface area contributed by atoms with Crippen LogP contribution < -0.4 is 10.1 Å². The molecule has 1 heterocycles. The first-order valence-corrected chi connectivity index (χ1v) is 10.4. The molecule has 0 unspecified atom stereocenters. The van der Waals surface area contributed by atoms with Crippen LogP contribution in [0.3, 0.4) is 0 Å². The smallest absolute Gasteiger partial charge is 0.255 e. The van der Waals surface area contributed by atoms with Gasteiger partial charge in [-0.3, -0.25) is 4.79 Å². The molecule has 0 radical (unpaired) electrons. The van der Waals surface area contributed by atoms with Crippen molar-refractivity contribution in [2.75, 3.05) is 5.32 Å². The molecule has 0 bridgehead atoms. The highest BCUT2D eigenvalue weighted by Crippen LogP contribution is 2.20. The molecule has 1 aromatic heterocycles. The van der Waals surface area contributed by atoms with E-state index in [9.17, 15) is 9.18 Å². The molecule has 1 N–H and O–H groups in total. The van der Waals surface area contributed by atoms with Gasteiger partial charge in [-0.2, -0.15) is 4.80 Å². The minimum absolute atomic E-state index is 0.259. The fourth-order valence-electron chi connectivity index (χ4n) is 3.35. The SMILES string of the molecule is O=C(Nc1ccc2nn(-c3ccc(F)cc3)nc2c1)c1cccc(OCc2ccccc2)c1. The van der Waals surface area contributed by atoms with E-state index in [0.717, 1.165) is 5.56 Å². The van der Waals surface area contributed by atoms with E-state index in [2.05, 4.69) is 15.5 Å². The Morgan fingerprint density at radius 2 is 1.64 bits per heavy atom. The average Bonchev–Trinajstić information content (AvgIpc) is 3.27. The third kappa shape index (κ3) is 4.72. The van der Waals surface area contributed by atoms with Crippen LogP contribution in [0.15, 0.2) is 97.1 Å². The standard InChI is InChI=1S/C26H19FN4O2/c27-20-9-12-22(13-10-20)31-29-24-14-11-21(16-25(24)30-31)28-26(32)19-7-4-8-23(15-19)33-17-18-5-2-1-3-6-18/h1-16H,17H2,(H,28,32). The number of nitrogens with zero attached hydrogens (tertiary/aromatic N) is 3. The number of hydrogen-bond donors (Lipinski definition) is 1. The van der Waals surface area contributed by atoms with Crippen molar-refractivity contribution in [2.45, 2.75) is 6.61 Å². The summed E-state index contributed by atoms with van der Waals surface area (Å²) in [5.41, 5.74) is 4.04. The summed E-state index contributed by atoms with van der Waals surface area (Å²) in [6.45, 7) is 0.423. The molecule has 4 aromatic carbocycles. The number of amides is 1. The van der Waals surface area contributed by atoms with E-state index in [-0.39, 0.29) is 11.7 Å². The molecule has 0 aliphatic carbocycles. The number of anilines is 1. The Bertz CT molecular complexity index is 1420. The van der Waals surface area contributed by atoms with Gasteiger partial charge in [0, 0.05) is 11.3 Å². The van der Waals surface area contributed by atoms with Crippen LogP contribution in [0.5, 0.6) is 5.75 Å². The van der Waals surface area contributed by atoms with Crippen molar-refractivity contribution in [3.8, 4) is 11.4 Å². The fraction of sp³-hybridized carbons (Fsp3) is 0.0385. The summed E-state index contributed by atoms with van der Waals surface area (Å²) < 4.78 is 19.0. The van der Waals surface area contributed by atoms with Crippen molar-refractivity contribution < 1.29 is 13.9 Å². The molecule has 0 aliphatic rings. The molecule has 0 fully saturated rings. The second-order valence-corrected chi connectivity index (χ2v) is 7.43. The highest BCUT2D eigenvalue weighted by molar-refractivity contribution is 6.05. The quantitative estimate of drug-likeness (QED) is 0.386. The van der Waals surface area contributed by atoms with Gasteiger partial charge in [0.1, 0.15) is 29.2 Å². The van der Waals surface area contributed by atoms with Crippen molar-refractivity contribution in [1.82, 2.24) is 15.0 Å². The molecule has 0 saturated carbocycles. The number of nitrogens with one attached hydrogen (secondary N) is 1. The van der Waals surface area contributed by atoms with Crippen LogP contribution in [-0.4, -0.2) is 20.9 Å². The average molecular weight is 438 g/mol. The van der Waals surface area contributed by atoms with Crippen molar-refractivity contribution in [3.63, 3.8) is 0 Å². The summed E-state index contributed by atoms with van der Waals surface area (Å²) in [6.07, 6.45) is 0. The minimum atomic E-state index is -0.324. The topological polar surface area (TPSA) is 69.0 Å². The number of ether oxygens (including phenoxy) is 1. The monoisotopic (exact) mass is 438 g/mol. The van der Waals surface area contributed by atoms with Gasteiger partial charge in [-0.25, -0.2) is 4.39 Å². The third-order valence-electron chi connectivity index (χ3n) is 5.04. The lowest BCUT2D eigenvalue weighted by Gasteiger charge is -2.09. The van der Waals surface area contributed by atoms with Gasteiger partial charge >= 0.3 is 0 Å². The summed E-state index contributed by atoms with van der Waals surface area (Å²) in [5, 5.41) is 11.7. The molecule has 162 valence electrons. The lowest BCUT2D eigenvalue weighted by atomic mass is 10.2. The summed E-state index contributed by atoms with van der Waals surface area (Å²) in [6, 6.07) is 28.1. The van der Waals surface area contributed by atoms with Gasteiger partial charge in [-0.15, -0.1) is 10.2 Å². The second kappa shape index (κ2) is 8.92. The zero-order chi connectivity index (χ0) is 22.6. The predicted molar refractivity (Wildman–Crippen MR) is 124 cm³/mol. The first kappa shape index (κ1) is 20.4. The number of fused-ring (bicyclic) bond motifs is 1. The van der Waals surface area contributed by atoms with Gasteiger partial charge in [0.2, 0.25) is 0 Å². The summed E-state index contributed by atoms with van der Waals surface area (Å²) in [5.74, 6) is 0.0321. The molecule has 5 rings (SSSR count). The number of hydrogen-bond acceptors (Lipinski definition) is 4. The predicted octanol–water partition coefficient (Wildman–Crippen LogP) is 5.39. The Kier molecular flexibility index (Phi) is 5.51. The Balaban J connectivity index is 1.30. The van der Waals surface area contributed by atoms with Crippen molar-refractivity contribution in [1.29, 1.82) is 0 Å². The molecular formula is C26H19FN4O2. The van der Waals surface area contributed by atoms with Crippen LogP contribution in [0.25, 0.3) is 16.7 Å². The van der Waals surface area contributed by atoms with Crippen molar-refractivity contribution in [3.05, 3.63) is 114 Å². The molecule has 0 atom stereocenters. The van der Waals surface area contributed by atoms with Crippen LogP contribution in [0, 0.1) is 5.82 Å². The number of carbonyl (C=O) groups excluding carboxylic acids is 1. The van der Waals surface area contributed by atoms with E-state index in [1.165, 1.54) is 16.9 Å². The summed E-state index contributed by atoms with van der Waals surface area (Å²) in [4.78, 5) is 14.2. The molecule has 7 heteroatoms. The van der Waals surface area contributed by atoms with E-state index in [1.807, 2.05) is 36.4 Å². The Hall–Kier alpha value is -4.52. The molecule has 5 aromatic rings. The number of halogens is 1. The number of benzene rings is 4. The zero-order valence-electron chi connectivity index (χ0n) is 17.5. The van der Waals surface area contributed by atoms with Gasteiger partial charge in [-0.05, 0) is 66.2 Å². The maximum absolute atomic E-state index is 13.2. The Morgan fingerprint density at radius 1 is 0.848 bits per heavy atom. The van der Waals surface area contributed by atoms with Crippen LogP contribution in [0.4, 0.5) is 10.1 Å². The lowest BCUT2D eigenvalue weighted by molar-refractivity contribution is 0.102. The first-order valence-electron chi connectivity index (χ1n) is 10.4. The zero-order valence-corrected chi connectivity index (χ0v) is 17.5. The first-order chi connectivity index (χ1) is 16.1. The van der Waals surface area contributed by atoms with Crippen LogP contribution in [0.1, 0.15) is 15.9 Å². The highest BCUT2D eigenvalue weighted by Gasteiger charge is 2.10. The van der Waals surface area contributed by atoms with Gasteiger partial charge in [0.05, 0.1) is 5.69 Å². The summed E-state index contributed by atoms with van der Waals surface area (Å²) >= 11 is 0. The van der Waals surface area contributed by atoms with E-state index in [4.69, 9.17) is 4.74 Å². The molecule has 33 heavy (non-hydrogen) atoms. The van der Waals surface area contributed by atoms with E-state index < -0.39 is 0 Å². The molecule has 6 nitrogen and oxygen atoms in total. The van der Waals surface area contributed by atoms with Gasteiger partial charge in [0.25, 0.3) is 5.91 Å². The molecule has 0 saturated heterocycles. The van der Waals surface area contributed by atoms with E-state index in [0.29, 0.717) is 40.3 Å². The fourth-order valence-corrected chi connectivity index (χ4v) is 3.35. The Labute approximate surface area is 189 Å². The van der Waals surface area contributed by atoms with Crippen LogP contribution >= 0.6 is 0 Å². The number of aromatic nitrogens is 3. The molecule has 0 aliphatic heterocycles. The third-order valence-corrected chi connectivity index (χ3v) is 5.04. The van der Waals surface area contributed by atoms with E-state index in [1.54, 1.807) is 48.5 Å². The number of rotatable bonds is 6. The van der Waals surface area contributed by atoms with Gasteiger partial charge < -0.3 is 10.1 Å². The van der Waals surface area contributed by atoms with Gasteiger partial charge in [-0.1, -0.05) is 36.4 Å². The second-order valence-electron chi connectivity index (χ2n) is 7.43. The van der Waals surface area contributed by atoms with Crippen LogP contribution in [0.2, 0.25) is 0 Å². The normalized spacial score (nSPS) is 10.8. The maximum Gasteiger partial charge on any atom is 0.255 e. The largest absolute Gasteiger partial charge is 0.489 e. The number of carbonyl (C=O) groups is 1.